The summed E-state index contributed by atoms with van der Waals surface area (Å²) < 4.78 is 1.00. The Morgan fingerprint density at radius 3 is 2.90 bits per heavy atom. The first kappa shape index (κ1) is 14.2. The molecule has 6 heteroatoms. The molecule has 0 saturated carbocycles. The molecular formula is C14H18BrN3OS. The average molecular weight is 356 g/mol. The van der Waals surface area contributed by atoms with Crippen LogP contribution in [0.3, 0.4) is 0 Å². The highest BCUT2D eigenvalue weighted by Gasteiger charge is 2.33. The third kappa shape index (κ3) is 2.96. The molecule has 2 saturated heterocycles. The van der Waals surface area contributed by atoms with Crippen LogP contribution in [0.4, 0.5) is 5.82 Å². The quantitative estimate of drug-likeness (QED) is 0.815. The molecule has 2 aliphatic heterocycles. The van der Waals surface area contributed by atoms with Crippen LogP contribution in [0, 0.1) is 5.92 Å². The Labute approximate surface area is 132 Å². The van der Waals surface area contributed by atoms with Gasteiger partial charge >= 0.3 is 0 Å². The largest absolute Gasteiger partial charge is 0.355 e. The number of rotatable bonds is 2. The van der Waals surface area contributed by atoms with Crippen molar-refractivity contribution in [3.8, 4) is 0 Å². The van der Waals surface area contributed by atoms with E-state index in [9.17, 15) is 4.79 Å². The van der Waals surface area contributed by atoms with Crippen LogP contribution in [-0.4, -0.2) is 53.5 Å². The average Bonchev–Trinajstić information content (AvgIpc) is 2.97. The van der Waals surface area contributed by atoms with Crippen LogP contribution in [0.5, 0.6) is 0 Å². The first-order valence-electron chi connectivity index (χ1n) is 6.97. The normalized spacial score (nSPS) is 23.1. The standard InChI is InChI=1S/C14H18BrN3OS/c15-12-2-1-4-16-13(12)18-5-3-11(10-18)14(19)17-6-8-20-9-7-17/h1-2,4,11H,3,5-10H2. The van der Waals surface area contributed by atoms with Gasteiger partial charge in [-0.05, 0) is 34.5 Å². The highest BCUT2D eigenvalue weighted by Crippen LogP contribution is 2.29. The lowest BCUT2D eigenvalue weighted by atomic mass is 10.1. The lowest BCUT2D eigenvalue weighted by molar-refractivity contribution is -0.134. The number of hydrogen-bond donors (Lipinski definition) is 0. The van der Waals surface area contributed by atoms with Crippen LogP contribution in [0.1, 0.15) is 6.42 Å². The van der Waals surface area contributed by atoms with Gasteiger partial charge in [0.2, 0.25) is 5.91 Å². The fraction of sp³-hybridized carbons (Fsp3) is 0.571. The summed E-state index contributed by atoms with van der Waals surface area (Å²) in [6.45, 7) is 3.52. The van der Waals surface area contributed by atoms with Gasteiger partial charge in [0.15, 0.2) is 0 Å². The number of amides is 1. The van der Waals surface area contributed by atoms with E-state index in [2.05, 4.69) is 25.8 Å². The summed E-state index contributed by atoms with van der Waals surface area (Å²) in [6.07, 6.45) is 2.74. The summed E-state index contributed by atoms with van der Waals surface area (Å²) in [5.41, 5.74) is 0. The minimum atomic E-state index is 0.131. The number of aromatic nitrogens is 1. The van der Waals surface area contributed by atoms with Crippen molar-refractivity contribution in [2.45, 2.75) is 6.42 Å². The molecule has 3 rings (SSSR count). The smallest absolute Gasteiger partial charge is 0.227 e. The van der Waals surface area contributed by atoms with Crippen molar-refractivity contribution < 1.29 is 4.79 Å². The highest BCUT2D eigenvalue weighted by atomic mass is 79.9. The van der Waals surface area contributed by atoms with Gasteiger partial charge in [-0.3, -0.25) is 4.79 Å². The number of carbonyl (C=O) groups is 1. The topological polar surface area (TPSA) is 36.4 Å². The summed E-state index contributed by atoms with van der Waals surface area (Å²) in [7, 11) is 0. The van der Waals surface area contributed by atoms with E-state index in [0.29, 0.717) is 5.91 Å². The highest BCUT2D eigenvalue weighted by molar-refractivity contribution is 9.10. The lowest BCUT2D eigenvalue weighted by Crippen LogP contribution is -2.42. The molecule has 108 valence electrons. The van der Waals surface area contributed by atoms with Crippen molar-refractivity contribution in [1.82, 2.24) is 9.88 Å². The van der Waals surface area contributed by atoms with Gasteiger partial charge in [-0.15, -0.1) is 0 Å². The number of nitrogens with zero attached hydrogens (tertiary/aromatic N) is 3. The van der Waals surface area contributed by atoms with Crippen LogP contribution in [0.25, 0.3) is 0 Å². The number of halogens is 1. The Morgan fingerprint density at radius 2 is 2.15 bits per heavy atom. The molecule has 0 aliphatic carbocycles. The Balaban J connectivity index is 1.64. The zero-order chi connectivity index (χ0) is 13.9. The molecule has 1 aromatic rings. The van der Waals surface area contributed by atoms with E-state index in [1.54, 1.807) is 6.20 Å². The van der Waals surface area contributed by atoms with E-state index < -0.39 is 0 Å². The molecule has 1 unspecified atom stereocenters. The van der Waals surface area contributed by atoms with Crippen molar-refractivity contribution in [2.24, 2.45) is 5.92 Å². The molecule has 2 aliphatic rings. The summed E-state index contributed by atoms with van der Waals surface area (Å²) >= 11 is 5.48. The minimum absolute atomic E-state index is 0.131. The van der Waals surface area contributed by atoms with Crippen molar-refractivity contribution in [3.05, 3.63) is 22.8 Å². The third-order valence-corrected chi connectivity index (χ3v) is 5.46. The van der Waals surface area contributed by atoms with Crippen LogP contribution in [0.15, 0.2) is 22.8 Å². The molecule has 0 N–H and O–H groups in total. The number of carbonyl (C=O) groups excluding carboxylic acids is 1. The van der Waals surface area contributed by atoms with Gasteiger partial charge in [0, 0.05) is 43.9 Å². The maximum Gasteiger partial charge on any atom is 0.227 e. The first-order valence-corrected chi connectivity index (χ1v) is 8.92. The van der Waals surface area contributed by atoms with Crippen molar-refractivity contribution >= 4 is 39.4 Å². The predicted molar refractivity (Wildman–Crippen MR) is 86.2 cm³/mol. The third-order valence-electron chi connectivity index (χ3n) is 3.90. The van der Waals surface area contributed by atoms with Gasteiger partial charge in [0.25, 0.3) is 0 Å². The molecule has 0 bridgehead atoms. The SMILES string of the molecule is O=C(C1CCN(c2ncccc2Br)C1)N1CCSCC1. The molecule has 2 fully saturated rings. The maximum atomic E-state index is 12.5. The summed E-state index contributed by atoms with van der Waals surface area (Å²) in [6, 6.07) is 3.91. The Morgan fingerprint density at radius 1 is 1.35 bits per heavy atom. The fourth-order valence-electron chi connectivity index (χ4n) is 2.81. The Kier molecular flexibility index (Phi) is 4.51. The van der Waals surface area contributed by atoms with Crippen LogP contribution < -0.4 is 4.90 Å². The zero-order valence-electron chi connectivity index (χ0n) is 11.3. The van der Waals surface area contributed by atoms with E-state index in [1.165, 1.54) is 0 Å². The van der Waals surface area contributed by atoms with Crippen molar-refractivity contribution in [1.29, 1.82) is 0 Å². The van der Waals surface area contributed by atoms with Gasteiger partial charge in [0.05, 0.1) is 10.4 Å². The van der Waals surface area contributed by atoms with E-state index >= 15 is 0 Å². The van der Waals surface area contributed by atoms with Gasteiger partial charge in [-0.1, -0.05) is 0 Å². The number of hydrogen-bond acceptors (Lipinski definition) is 4. The zero-order valence-corrected chi connectivity index (χ0v) is 13.7. The number of anilines is 1. The molecule has 20 heavy (non-hydrogen) atoms. The van der Waals surface area contributed by atoms with Gasteiger partial charge in [-0.25, -0.2) is 4.98 Å². The summed E-state index contributed by atoms with van der Waals surface area (Å²) in [5, 5.41) is 0. The molecule has 1 atom stereocenters. The van der Waals surface area contributed by atoms with Gasteiger partial charge in [-0.2, -0.15) is 11.8 Å². The van der Waals surface area contributed by atoms with Gasteiger partial charge in [0.1, 0.15) is 5.82 Å². The Hall–Kier alpha value is -0.750. The predicted octanol–water partition coefficient (Wildman–Crippen LogP) is 2.25. The van der Waals surface area contributed by atoms with E-state index in [0.717, 1.165) is 54.4 Å². The van der Waals surface area contributed by atoms with E-state index in [1.807, 2.05) is 28.8 Å². The first-order chi connectivity index (χ1) is 9.75. The molecule has 1 amide bonds. The minimum Gasteiger partial charge on any atom is -0.355 e. The fourth-order valence-corrected chi connectivity index (χ4v) is 4.22. The van der Waals surface area contributed by atoms with E-state index in [4.69, 9.17) is 0 Å². The molecule has 0 spiro atoms. The molecule has 0 radical (unpaired) electrons. The van der Waals surface area contributed by atoms with Crippen molar-refractivity contribution in [2.75, 3.05) is 42.6 Å². The molecular weight excluding hydrogens is 338 g/mol. The summed E-state index contributed by atoms with van der Waals surface area (Å²) in [5.74, 6) is 3.57. The van der Waals surface area contributed by atoms with Gasteiger partial charge < -0.3 is 9.80 Å². The van der Waals surface area contributed by atoms with Crippen LogP contribution in [-0.2, 0) is 4.79 Å². The van der Waals surface area contributed by atoms with Crippen molar-refractivity contribution in [3.63, 3.8) is 0 Å². The number of pyridine rings is 1. The second-order valence-corrected chi connectivity index (χ2v) is 7.26. The molecule has 1 aromatic heterocycles. The molecule has 4 nitrogen and oxygen atoms in total. The van der Waals surface area contributed by atoms with Crippen LogP contribution >= 0.6 is 27.7 Å². The second kappa shape index (κ2) is 6.35. The second-order valence-electron chi connectivity index (χ2n) is 5.18. The van der Waals surface area contributed by atoms with E-state index in [-0.39, 0.29) is 5.92 Å². The molecule has 3 heterocycles. The maximum absolute atomic E-state index is 12.5. The lowest BCUT2D eigenvalue weighted by Gasteiger charge is -2.29. The van der Waals surface area contributed by atoms with Crippen LogP contribution in [0.2, 0.25) is 0 Å². The molecule has 0 aromatic carbocycles. The monoisotopic (exact) mass is 355 g/mol. The summed E-state index contributed by atoms with van der Waals surface area (Å²) in [4.78, 5) is 21.2. The Bertz CT molecular complexity index is 493. The number of thioether (sulfide) groups is 1.